The van der Waals surface area contributed by atoms with Crippen LogP contribution in [-0.4, -0.2) is 34.2 Å². The normalized spacial score (nSPS) is 15.7. The summed E-state index contributed by atoms with van der Waals surface area (Å²) in [4.78, 5) is 19.3. The number of hydrogen-bond acceptors (Lipinski definition) is 5. The number of carbonyl (C=O) groups is 1. The van der Waals surface area contributed by atoms with Gasteiger partial charge in [-0.05, 0) is 54.8 Å². The van der Waals surface area contributed by atoms with Crippen molar-refractivity contribution >= 4 is 23.1 Å². The molecule has 0 unspecified atom stereocenters. The number of amides is 1. The molecular formula is C24H21F2N5O2. The van der Waals surface area contributed by atoms with Gasteiger partial charge in [0.1, 0.15) is 11.6 Å². The second-order valence-electron chi connectivity index (χ2n) is 7.81. The van der Waals surface area contributed by atoms with Crippen molar-refractivity contribution in [3.05, 3.63) is 83.7 Å². The predicted molar refractivity (Wildman–Crippen MR) is 120 cm³/mol. The number of hydrogen-bond donors (Lipinski definition) is 1. The van der Waals surface area contributed by atoms with Gasteiger partial charge in [-0.15, -0.1) is 5.10 Å². The van der Waals surface area contributed by atoms with Gasteiger partial charge in [0.15, 0.2) is 22.9 Å². The van der Waals surface area contributed by atoms with Crippen molar-refractivity contribution in [2.24, 2.45) is 0 Å². The third kappa shape index (κ3) is 3.97. The van der Waals surface area contributed by atoms with Crippen LogP contribution in [0, 0.1) is 11.6 Å². The first-order valence-electron chi connectivity index (χ1n) is 10.6. The van der Waals surface area contributed by atoms with E-state index in [0.717, 1.165) is 24.9 Å². The summed E-state index contributed by atoms with van der Waals surface area (Å²) in [6, 6.07) is 14.4. The highest BCUT2D eigenvalue weighted by atomic mass is 19.1. The number of rotatable bonds is 5. The van der Waals surface area contributed by atoms with Crippen molar-refractivity contribution in [3.8, 4) is 5.75 Å². The number of halogens is 2. The highest BCUT2D eigenvalue weighted by Gasteiger charge is 2.28. The molecule has 7 nitrogen and oxygen atoms in total. The lowest BCUT2D eigenvalue weighted by atomic mass is 10.0. The zero-order valence-electron chi connectivity index (χ0n) is 17.8. The Kier molecular flexibility index (Phi) is 5.37. The number of nitrogens with zero attached hydrogens (tertiary/aromatic N) is 4. The van der Waals surface area contributed by atoms with Crippen LogP contribution in [0.5, 0.6) is 5.75 Å². The number of benzene rings is 2. The van der Waals surface area contributed by atoms with Gasteiger partial charge in [-0.2, -0.15) is 0 Å². The largest absolute Gasteiger partial charge is 0.494 e. The van der Waals surface area contributed by atoms with Crippen LogP contribution in [-0.2, 0) is 0 Å². The molecule has 1 fully saturated rings. The summed E-state index contributed by atoms with van der Waals surface area (Å²) in [5.41, 5.74) is 1.89. The summed E-state index contributed by atoms with van der Waals surface area (Å²) in [5, 5.41) is 7.32. The minimum atomic E-state index is -0.578. The summed E-state index contributed by atoms with van der Waals surface area (Å²) in [7, 11) is 1.37. The van der Waals surface area contributed by atoms with Crippen LogP contribution in [0.2, 0.25) is 0 Å². The molecule has 0 bridgehead atoms. The van der Waals surface area contributed by atoms with E-state index in [4.69, 9.17) is 4.74 Å². The zero-order chi connectivity index (χ0) is 22.9. The Labute approximate surface area is 188 Å². The molecular weight excluding hydrogens is 427 g/mol. The first-order valence-corrected chi connectivity index (χ1v) is 10.6. The first-order chi connectivity index (χ1) is 16.0. The SMILES string of the molecule is [11CH3]Oc1ccc(NC(=O)c2cnc3ccc(N4CCC[C@@H]4c4cccc(F)c4)nn23)cc1F. The maximum absolute atomic E-state index is 14.0. The van der Waals surface area contributed by atoms with Crippen molar-refractivity contribution < 1.29 is 18.3 Å². The number of ether oxygens (including phenoxy) is 1. The summed E-state index contributed by atoms with van der Waals surface area (Å²) >= 11 is 0. The lowest BCUT2D eigenvalue weighted by Gasteiger charge is -2.26. The molecule has 1 aliphatic rings. The Morgan fingerprint density at radius 1 is 1.15 bits per heavy atom. The lowest BCUT2D eigenvalue weighted by Crippen LogP contribution is -2.25. The summed E-state index contributed by atoms with van der Waals surface area (Å²) in [5.74, 6) is -0.568. The van der Waals surface area contributed by atoms with Gasteiger partial charge in [-0.1, -0.05) is 12.1 Å². The molecule has 1 saturated heterocycles. The molecule has 0 saturated carbocycles. The second kappa shape index (κ2) is 8.50. The van der Waals surface area contributed by atoms with Crippen molar-refractivity contribution in [1.82, 2.24) is 14.6 Å². The van der Waals surface area contributed by atoms with Gasteiger partial charge < -0.3 is 15.0 Å². The predicted octanol–water partition coefficient (Wildman–Crippen LogP) is 4.61. The van der Waals surface area contributed by atoms with Crippen molar-refractivity contribution in [3.63, 3.8) is 0 Å². The molecule has 0 spiro atoms. The van der Waals surface area contributed by atoms with E-state index in [1.165, 1.54) is 36.0 Å². The van der Waals surface area contributed by atoms with Crippen molar-refractivity contribution in [1.29, 1.82) is 0 Å². The molecule has 168 valence electrons. The van der Waals surface area contributed by atoms with Gasteiger partial charge in [0.2, 0.25) is 0 Å². The van der Waals surface area contributed by atoms with E-state index in [1.54, 1.807) is 24.3 Å². The van der Waals surface area contributed by atoms with E-state index >= 15 is 0 Å². The van der Waals surface area contributed by atoms with E-state index in [0.29, 0.717) is 11.5 Å². The standard InChI is InChI=1S/C24H21F2N5O2/c1-33-21-8-7-17(13-18(21)26)28-24(32)20-14-27-22-9-10-23(29-31(20)22)30-11-3-6-19(30)15-4-2-5-16(25)12-15/h2,4-5,7-10,12-14,19H,3,6,11H2,1H3,(H,28,32)/t19-/m1/s1/i1-1. The number of imidazole rings is 1. The first kappa shape index (κ1) is 20.9. The number of anilines is 2. The highest BCUT2D eigenvalue weighted by Crippen LogP contribution is 2.35. The lowest BCUT2D eigenvalue weighted by molar-refractivity contribution is 0.102. The Bertz CT molecular complexity index is 1340. The topological polar surface area (TPSA) is 71.8 Å². The fourth-order valence-electron chi connectivity index (χ4n) is 4.21. The quantitative estimate of drug-likeness (QED) is 0.483. The Balaban J connectivity index is 1.44. The minimum Gasteiger partial charge on any atom is -0.494 e. The minimum absolute atomic E-state index is 0.00581. The maximum atomic E-state index is 14.0. The molecule has 1 N–H and O–H groups in total. The molecule has 5 rings (SSSR count). The van der Waals surface area contributed by atoms with Crippen LogP contribution < -0.4 is 15.0 Å². The molecule has 2 aromatic carbocycles. The molecule has 3 heterocycles. The molecule has 0 radical (unpaired) electrons. The average molecular weight is 448 g/mol. The number of methoxy groups -OCH3 is 1. The maximum Gasteiger partial charge on any atom is 0.276 e. The molecule has 33 heavy (non-hydrogen) atoms. The third-order valence-corrected chi connectivity index (χ3v) is 5.77. The Morgan fingerprint density at radius 2 is 2.03 bits per heavy atom. The van der Waals surface area contributed by atoms with Crippen LogP contribution in [0.25, 0.3) is 5.65 Å². The van der Waals surface area contributed by atoms with E-state index < -0.39 is 11.7 Å². The third-order valence-electron chi connectivity index (χ3n) is 5.77. The van der Waals surface area contributed by atoms with E-state index in [-0.39, 0.29) is 29.0 Å². The smallest absolute Gasteiger partial charge is 0.276 e. The number of fused-ring (bicyclic) bond motifs is 1. The van der Waals surface area contributed by atoms with E-state index in [9.17, 15) is 13.6 Å². The molecule has 1 atom stereocenters. The van der Waals surface area contributed by atoms with Gasteiger partial charge in [0.25, 0.3) is 5.91 Å². The van der Waals surface area contributed by atoms with E-state index in [1.807, 2.05) is 12.1 Å². The fraction of sp³-hybridized carbons (Fsp3) is 0.208. The summed E-state index contributed by atoms with van der Waals surface area (Å²) in [6.45, 7) is 0.765. The van der Waals surface area contributed by atoms with Crippen LogP contribution >= 0.6 is 0 Å². The number of nitrogens with one attached hydrogen (secondary N) is 1. The number of aromatic nitrogens is 3. The Hall–Kier alpha value is -4.01. The molecule has 9 heteroatoms. The Morgan fingerprint density at radius 3 is 2.82 bits per heavy atom. The van der Waals surface area contributed by atoms with Gasteiger partial charge in [0, 0.05) is 18.3 Å². The molecule has 1 aliphatic heterocycles. The van der Waals surface area contributed by atoms with E-state index in [2.05, 4.69) is 20.3 Å². The van der Waals surface area contributed by atoms with Crippen molar-refractivity contribution in [2.45, 2.75) is 18.9 Å². The molecule has 1 amide bonds. The van der Waals surface area contributed by atoms with Crippen molar-refractivity contribution in [2.75, 3.05) is 23.9 Å². The monoisotopic (exact) mass is 448 g/mol. The summed E-state index contributed by atoms with van der Waals surface area (Å²) < 4.78 is 34.1. The van der Waals surface area contributed by atoms with Gasteiger partial charge >= 0.3 is 0 Å². The second-order valence-corrected chi connectivity index (χ2v) is 7.81. The van der Waals surface area contributed by atoms with Gasteiger partial charge in [0.05, 0.1) is 19.3 Å². The average Bonchev–Trinajstić information content (AvgIpc) is 3.46. The van der Waals surface area contributed by atoms with Crippen LogP contribution in [0.1, 0.15) is 34.9 Å². The summed E-state index contributed by atoms with van der Waals surface area (Å²) in [6.07, 6.45) is 3.25. The molecule has 2 aromatic heterocycles. The van der Waals surface area contributed by atoms with Crippen LogP contribution in [0.4, 0.5) is 20.3 Å². The highest BCUT2D eigenvalue weighted by molar-refractivity contribution is 6.03. The fourth-order valence-corrected chi connectivity index (χ4v) is 4.21. The van der Waals surface area contributed by atoms with Gasteiger partial charge in [-0.3, -0.25) is 4.79 Å². The van der Waals surface area contributed by atoms with Gasteiger partial charge in [-0.25, -0.2) is 18.3 Å². The van der Waals surface area contributed by atoms with Crippen LogP contribution in [0.15, 0.2) is 60.8 Å². The zero-order valence-corrected chi connectivity index (χ0v) is 17.8. The molecule has 0 aliphatic carbocycles. The molecule has 4 aromatic rings. The van der Waals surface area contributed by atoms with Crippen LogP contribution in [0.3, 0.4) is 0 Å². The number of carbonyl (C=O) groups excluding carboxylic acids is 1.